The molecule has 13 rings (SSSR count). The van der Waals surface area contributed by atoms with Crippen molar-refractivity contribution in [3.8, 4) is 55.6 Å². The quantitative estimate of drug-likeness (QED) is 0.165. The number of benzene rings is 10. The minimum Gasteiger partial charge on any atom is -0.455 e. The van der Waals surface area contributed by atoms with Gasteiger partial charge in [0.1, 0.15) is 22.8 Å². The van der Waals surface area contributed by atoms with E-state index in [0.29, 0.717) is 0 Å². The molecule has 10 aromatic carbocycles. The summed E-state index contributed by atoms with van der Waals surface area (Å²) in [4.78, 5) is 10.7. The summed E-state index contributed by atoms with van der Waals surface area (Å²) < 4.78 is 7.18. The van der Waals surface area contributed by atoms with Crippen molar-refractivity contribution in [2.45, 2.75) is 24.9 Å². The molecule has 4 heteroatoms. The molecule has 1 N–H and O–H groups in total. The first kappa shape index (κ1) is 41.3. The maximum atomic E-state index is 7.18. The van der Waals surface area contributed by atoms with E-state index in [2.05, 4.69) is 236 Å². The Hall–Kier alpha value is -8.86. The Labute approximate surface area is 408 Å². The van der Waals surface area contributed by atoms with E-state index < -0.39 is 6.17 Å². The Morgan fingerprint density at radius 2 is 0.929 bits per heavy atom. The van der Waals surface area contributed by atoms with Crippen molar-refractivity contribution >= 4 is 33.6 Å². The number of rotatable bonds is 8. The SMILES string of the molecule is c1ccc(C2=NC(c3cccc4oc5c(-c6cc(-c7ccccc7)cc(-c7ccccc7)c6)cc(-c6ccc7c(c6)-c6ccccc6CCC7c6ccccc6)cc5c34)N=C(c3ccccc3)N2)cc1. The van der Waals surface area contributed by atoms with Crippen LogP contribution in [0.3, 0.4) is 0 Å². The van der Waals surface area contributed by atoms with Gasteiger partial charge in [-0.15, -0.1) is 0 Å². The molecule has 332 valence electrons. The predicted molar refractivity (Wildman–Crippen MR) is 289 cm³/mol. The maximum Gasteiger partial charge on any atom is 0.170 e. The second-order valence-corrected chi connectivity index (χ2v) is 18.4. The third-order valence-electron chi connectivity index (χ3n) is 14.2. The van der Waals surface area contributed by atoms with Crippen molar-refractivity contribution in [1.29, 1.82) is 0 Å². The van der Waals surface area contributed by atoms with Gasteiger partial charge in [0.25, 0.3) is 0 Å². The summed E-state index contributed by atoms with van der Waals surface area (Å²) in [5.41, 5.74) is 20.2. The number of nitrogens with zero attached hydrogens (tertiary/aromatic N) is 2. The maximum absolute atomic E-state index is 7.18. The van der Waals surface area contributed by atoms with Gasteiger partial charge in [0.05, 0.1) is 0 Å². The van der Waals surface area contributed by atoms with Crippen LogP contribution < -0.4 is 5.32 Å². The minimum absolute atomic E-state index is 0.279. The second-order valence-electron chi connectivity index (χ2n) is 18.4. The van der Waals surface area contributed by atoms with Crippen molar-refractivity contribution in [2.24, 2.45) is 9.98 Å². The van der Waals surface area contributed by atoms with Crippen molar-refractivity contribution in [3.05, 3.63) is 276 Å². The van der Waals surface area contributed by atoms with E-state index in [1.165, 1.54) is 27.8 Å². The third kappa shape index (κ3) is 7.60. The van der Waals surface area contributed by atoms with Crippen LogP contribution in [0.5, 0.6) is 0 Å². The van der Waals surface area contributed by atoms with Gasteiger partial charge < -0.3 is 9.73 Å². The van der Waals surface area contributed by atoms with Crippen molar-refractivity contribution in [1.82, 2.24) is 5.32 Å². The third-order valence-corrected chi connectivity index (χ3v) is 14.2. The van der Waals surface area contributed by atoms with E-state index in [-0.39, 0.29) is 5.92 Å². The molecular formula is C66H47N3O. The fourth-order valence-electron chi connectivity index (χ4n) is 10.8. The lowest BCUT2D eigenvalue weighted by Gasteiger charge is -2.22. The Morgan fingerprint density at radius 3 is 1.57 bits per heavy atom. The molecule has 0 amide bonds. The summed E-state index contributed by atoms with van der Waals surface area (Å²) in [7, 11) is 0. The molecular weight excluding hydrogens is 851 g/mol. The largest absolute Gasteiger partial charge is 0.455 e. The van der Waals surface area contributed by atoms with Crippen LogP contribution in [-0.2, 0) is 6.42 Å². The molecule has 0 spiro atoms. The van der Waals surface area contributed by atoms with Gasteiger partial charge in [0.15, 0.2) is 6.17 Å². The zero-order valence-electron chi connectivity index (χ0n) is 38.5. The van der Waals surface area contributed by atoms with Crippen LogP contribution in [0.1, 0.15) is 51.9 Å². The van der Waals surface area contributed by atoms with Gasteiger partial charge >= 0.3 is 0 Å². The first-order valence-electron chi connectivity index (χ1n) is 24.2. The monoisotopic (exact) mass is 897 g/mol. The van der Waals surface area contributed by atoms with Crippen molar-refractivity contribution in [2.75, 3.05) is 0 Å². The smallest absolute Gasteiger partial charge is 0.170 e. The van der Waals surface area contributed by atoms with Gasteiger partial charge in [0, 0.05) is 38.9 Å². The highest BCUT2D eigenvalue weighted by atomic mass is 16.3. The summed E-state index contributed by atoms with van der Waals surface area (Å²) in [5.74, 6) is 1.83. The van der Waals surface area contributed by atoms with Crippen LogP contribution in [-0.4, -0.2) is 11.7 Å². The average molecular weight is 898 g/mol. The average Bonchev–Trinajstić information content (AvgIpc) is 3.74. The molecule has 0 fully saturated rings. The molecule has 1 aromatic heterocycles. The fraction of sp³-hybridized carbons (Fsp3) is 0.0606. The summed E-state index contributed by atoms with van der Waals surface area (Å²) in [6.07, 6.45) is 1.52. The van der Waals surface area contributed by atoms with Crippen LogP contribution >= 0.6 is 0 Å². The molecule has 0 saturated heterocycles. The lowest BCUT2D eigenvalue weighted by atomic mass is 9.84. The van der Waals surface area contributed by atoms with Crippen LogP contribution in [0, 0.1) is 0 Å². The molecule has 0 saturated carbocycles. The highest BCUT2D eigenvalue weighted by Gasteiger charge is 2.28. The number of hydrogen-bond donors (Lipinski definition) is 1. The van der Waals surface area contributed by atoms with Crippen LogP contribution in [0.2, 0.25) is 0 Å². The summed E-state index contributed by atoms with van der Waals surface area (Å²) >= 11 is 0. The number of furan rings is 1. The molecule has 4 nitrogen and oxygen atoms in total. The Balaban J connectivity index is 1.07. The van der Waals surface area contributed by atoms with Gasteiger partial charge in [-0.3, -0.25) is 0 Å². The van der Waals surface area contributed by atoms with Gasteiger partial charge in [-0.25, -0.2) is 9.98 Å². The van der Waals surface area contributed by atoms with E-state index in [1.54, 1.807) is 0 Å². The Morgan fingerprint density at radius 1 is 0.386 bits per heavy atom. The second kappa shape index (κ2) is 17.7. The highest BCUT2D eigenvalue weighted by molar-refractivity contribution is 6.17. The zero-order chi connectivity index (χ0) is 46.4. The molecule has 1 unspecified atom stereocenters. The van der Waals surface area contributed by atoms with E-state index in [1.807, 2.05) is 12.1 Å². The molecule has 1 aliphatic heterocycles. The van der Waals surface area contributed by atoms with Crippen LogP contribution in [0.4, 0.5) is 0 Å². The van der Waals surface area contributed by atoms with Crippen molar-refractivity contribution < 1.29 is 4.42 Å². The number of nitrogens with one attached hydrogen (secondary N) is 1. The number of aryl methyl sites for hydroxylation is 1. The van der Waals surface area contributed by atoms with E-state index in [4.69, 9.17) is 14.4 Å². The Kier molecular flexibility index (Phi) is 10.4. The van der Waals surface area contributed by atoms with E-state index in [0.717, 1.165) is 108 Å². The first-order valence-corrected chi connectivity index (χ1v) is 24.2. The number of fused-ring (bicyclic) bond motifs is 6. The zero-order valence-corrected chi connectivity index (χ0v) is 38.5. The number of hydrogen-bond acceptors (Lipinski definition) is 4. The Bertz CT molecular complexity index is 3670. The molecule has 1 aliphatic carbocycles. The lowest BCUT2D eigenvalue weighted by Crippen LogP contribution is -2.36. The predicted octanol–water partition coefficient (Wildman–Crippen LogP) is 16.5. The van der Waals surface area contributed by atoms with Gasteiger partial charge in [-0.2, -0.15) is 0 Å². The molecule has 11 aromatic rings. The lowest BCUT2D eigenvalue weighted by molar-refractivity contribution is 0.668. The molecule has 2 aliphatic rings. The fourth-order valence-corrected chi connectivity index (χ4v) is 10.8. The van der Waals surface area contributed by atoms with E-state index in [9.17, 15) is 0 Å². The minimum atomic E-state index is -0.548. The van der Waals surface area contributed by atoms with Crippen LogP contribution in [0.25, 0.3) is 77.6 Å². The molecule has 2 heterocycles. The molecule has 1 atom stereocenters. The molecule has 70 heavy (non-hydrogen) atoms. The molecule has 0 bridgehead atoms. The topological polar surface area (TPSA) is 49.9 Å². The summed E-state index contributed by atoms with van der Waals surface area (Å²) in [6, 6.07) is 87.2. The molecule has 0 radical (unpaired) electrons. The van der Waals surface area contributed by atoms with Crippen molar-refractivity contribution in [3.63, 3.8) is 0 Å². The summed E-state index contributed by atoms with van der Waals surface area (Å²) in [5, 5.41) is 5.62. The van der Waals surface area contributed by atoms with Crippen LogP contribution in [0.15, 0.2) is 257 Å². The number of amidine groups is 2. The standard InChI is InChI=1S/C66H47N3O/c1-6-19-43(20-7-1)50-37-51(44-21-8-2-9-22-44)39-53(38-50)58-41-52(49-34-36-56-55(45-23-10-3-11-24-45)35-33-46-25-16-17-30-54(46)59(56)40-49)42-60-62-57(31-18-32-61(62)70-63(58)60)66-68-64(47-26-12-4-13-27-47)67-65(69-66)48-28-14-5-15-29-48/h1-32,34,36-42,55,66H,33,35H2,(H,67,68,69). The highest BCUT2D eigenvalue weighted by Crippen LogP contribution is 2.47. The summed E-state index contributed by atoms with van der Waals surface area (Å²) in [6.45, 7) is 0. The van der Waals surface area contributed by atoms with E-state index >= 15 is 0 Å². The normalized spacial score (nSPS) is 14.5. The first-order chi connectivity index (χ1) is 34.7. The van der Waals surface area contributed by atoms with Gasteiger partial charge in [0.2, 0.25) is 0 Å². The van der Waals surface area contributed by atoms with Gasteiger partial charge in [-0.1, -0.05) is 200 Å². The van der Waals surface area contributed by atoms with Gasteiger partial charge in [-0.05, 0) is 122 Å². The number of aliphatic imine (C=N–C) groups is 2.